The van der Waals surface area contributed by atoms with Gasteiger partial charge in [0.25, 0.3) is 5.69 Å². The Kier molecular flexibility index (Phi) is 5.85. The summed E-state index contributed by atoms with van der Waals surface area (Å²) in [4.78, 5) is 10.4. The van der Waals surface area contributed by atoms with Gasteiger partial charge in [-0.25, -0.2) is 0 Å². The van der Waals surface area contributed by atoms with Crippen LogP contribution in [0.15, 0.2) is 70.8 Å². The van der Waals surface area contributed by atoms with Gasteiger partial charge in [-0.15, -0.1) is 16.8 Å². The summed E-state index contributed by atoms with van der Waals surface area (Å²) < 4.78 is 2.99. The Morgan fingerprint density at radius 2 is 2.00 bits per heavy atom. The van der Waals surface area contributed by atoms with Crippen molar-refractivity contribution in [3.8, 4) is 11.4 Å². The molecule has 0 saturated carbocycles. The number of hydrogen-bond acceptors (Lipinski definition) is 5. The minimum atomic E-state index is -0.419. The molecule has 0 radical (unpaired) electrons. The lowest BCUT2D eigenvalue weighted by Crippen LogP contribution is -2.01. The Morgan fingerprint density at radius 1 is 1.23 bits per heavy atom. The molecule has 132 valence electrons. The van der Waals surface area contributed by atoms with Gasteiger partial charge in [0.05, 0.1) is 4.92 Å². The van der Waals surface area contributed by atoms with Crippen molar-refractivity contribution in [1.29, 1.82) is 0 Å². The normalized spacial score (nSPS) is 10.7. The summed E-state index contributed by atoms with van der Waals surface area (Å²) in [6.07, 6.45) is 1.78. The third-order valence-corrected chi connectivity index (χ3v) is 5.15. The Labute approximate surface area is 163 Å². The van der Waals surface area contributed by atoms with Crippen LogP contribution in [0.5, 0.6) is 0 Å². The van der Waals surface area contributed by atoms with E-state index >= 15 is 0 Å². The maximum absolute atomic E-state index is 10.8. The number of nitrogens with zero attached hydrogens (tertiary/aromatic N) is 4. The molecule has 6 nitrogen and oxygen atoms in total. The Balaban J connectivity index is 1.85. The van der Waals surface area contributed by atoms with E-state index in [0.29, 0.717) is 12.4 Å². The van der Waals surface area contributed by atoms with Gasteiger partial charge in [-0.05, 0) is 29.8 Å². The molecule has 2 aromatic carbocycles. The highest BCUT2D eigenvalue weighted by Crippen LogP contribution is 2.28. The van der Waals surface area contributed by atoms with E-state index in [1.54, 1.807) is 30.0 Å². The number of rotatable bonds is 7. The first-order valence-corrected chi connectivity index (χ1v) is 9.52. The second kappa shape index (κ2) is 8.29. The average Bonchev–Trinajstić information content (AvgIpc) is 3.03. The summed E-state index contributed by atoms with van der Waals surface area (Å²) in [5.74, 6) is 1.42. The van der Waals surface area contributed by atoms with Gasteiger partial charge in [0.2, 0.25) is 0 Å². The number of non-ortho nitro benzene ring substituents is 1. The first-order chi connectivity index (χ1) is 12.6. The van der Waals surface area contributed by atoms with E-state index in [2.05, 4.69) is 44.8 Å². The first kappa shape index (κ1) is 18.3. The van der Waals surface area contributed by atoms with Crippen LogP contribution in [0.2, 0.25) is 0 Å². The molecule has 0 spiro atoms. The van der Waals surface area contributed by atoms with Crippen LogP contribution in [0.25, 0.3) is 11.4 Å². The van der Waals surface area contributed by atoms with Crippen LogP contribution in [0.4, 0.5) is 5.69 Å². The Bertz CT molecular complexity index is 941. The molecule has 1 aromatic heterocycles. The fourth-order valence-electron chi connectivity index (χ4n) is 2.41. The first-order valence-electron chi connectivity index (χ1n) is 7.74. The number of benzene rings is 2. The van der Waals surface area contributed by atoms with E-state index in [0.717, 1.165) is 20.9 Å². The van der Waals surface area contributed by atoms with Gasteiger partial charge in [0, 0.05) is 34.5 Å². The molecule has 3 rings (SSSR count). The van der Waals surface area contributed by atoms with Crippen LogP contribution in [-0.2, 0) is 12.3 Å². The monoisotopic (exact) mass is 430 g/mol. The number of nitro groups is 1. The van der Waals surface area contributed by atoms with Crippen molar-refractivity contribution in [3.05, 3.63) is 81.3 Å². The second-order valence-electron chi connectivity index (χ2n) is 5.43. The van der Waals surface area contributed by atoms with Gasteiger partial charge in [0.15, 0.2) is 11.0 Å². The predicted molar refractivity (Wildman–Crippen MR) is 106 cm³/mol. The lowest BCUT2D eigenvalue weighted by atomic mass is 10.2. The quantitative estimate of drug-likeness (QED) is 0.225. The lowest BCUT2D eigenvalue weighted by Gasteiger charge is -2.08. The molecule has 0 saturated heterocycles. The number of allylic oxidation sites excluding steroid dienone is 1. The SMILES string of the molecule is C=CCn1c(SCc2cccc(Br)c2)nnc1-c1ccc([N+](=O)[O-])cc1. The molecule has 0 atom stereocenters. The molecule has 0 bridgehead atoms. The highest BCUT2D eigenvalue weighted by Gasteiger charge is 2.15. The molecule has 1 heterocycles. The van der Waals surface area contributed by atoms with Crippen LogP contribution in [0.1, 0.15) is 5.56 Å². The molecular formula is C18H15BrN4O2S. The third kappa shape index (κ3) is 4.20. The van der Waals surface area contributed by atoms with Crippen molar-refractivity contribution in [2.45, 2.75) is 17.5 Å². The Morgan fingerprint density at radius 3 is 2.65 bits per heavy atom. The second-order valence-corrected chi connectivity index (χ2v) is 7.29. The maximum Gasteiger partial charge on any atom is 0.269 e. The standard InChI is InChI=1S/C18H15BrN4O2S/c1-2-10-22-17(14-6-8-16(9-7-14)23(24)25)20-21-18(22)26-12-13-4-3-5-15(19)11-13/h2-9,11H,1,10,12H2. The average molecular weight is 431 g/mol. The molecule has 0 N–H and O–H groups in total. The summed E-state index contributed by atoms with van der Waals surface area (Å²) in [5, 5.41) is 20.2. The molecule has 3 aromatic rings. The molecule has 0 aliphatic rings. The van der Waals surface area contributed by atoms with E-state index in [-0.39, 0.29) is 5.69 Å². The summed E-state index contributed by atoms with van der Waals surface area (Å²) in [5.41, 5.74) is 2.00. The van der Waals surface area contributed by atoms with Gasteiger partial charge >= 0.3 is 0 Å². The van der Waals surface area contributed by atoms with Gasteiger partial charge in [-0.3, -0.25) is 14.7 Å². The van der Waals surface area contributed by atoms with E-state index in [9.17, 15) is 10.1 Å². The third-order valence-electron chi connectivity index (χ3n) is 3.62. The fourth-order valence-corrected chi connectivity index (χ4v) is 3.75. The van der Waals surface area contributed by atoms with Crippen LogP contribution in [0, 0.1) is 10.1 Å². The summed E-state index contributed by atoms with van der Waals surface area (Å²) in [6, 6.07) is 14.4. The largest absolute Gasteiger partial charge is 0.298 e. The fraction of sp³-hybridized carbons (Fsp3) is 0.111. The molecule has 0 aliphatic heterocycles. The number of thioether (sulfide) groups is 1. The van der Waals surface area contributed by atoms with Crippen LogP contribution in [0.3, 0.4) is 0 Å². The van der Waals surface area contributed by atoms with E-state index in [1.807, 2.05) is 16.7 Å². The van der Waals surface area contributed by atoms with Crippen molar-refractivity contribution in [3.63, 3.8) is 0 Å². The molecule has 26 heavy (non-hydrogen) atoms. The van der Waals surface area contributed by atoms with Crippen molar-refractivity contribution in [1.82, 2.24) is 14.8 Å². The van der Waals surface area contributed by atoms with Crippen LogP contribution in [-0.4, -0.2) is 19.7 Å². The zero-order valence-corrected chi connectivity index (χ0v) is 16.1. The minimum absolute atomic E-state index is 0.0489. The number of halogens is 1. The van der Waals surface area contributed by atoms with E-state index in [4.69, 9.17) is 0 Å². The van der Waals surface area contributed by atoms with Crippen molar-refractivity contribution in [2.75, 3.05) is 0 Å². The Hall–Kier alpha value is -2.45. The molecule has 0 amide bonds. The number of nitro benzene ring substituents is 1. The molecular weight excluding hydrogens is 416 g/mol. The van der Waals surface area contributed by atoms with Crippen molar-refractivity contribution >= 4 is 33.4 Å². The topological polar surface area (TPSA) is 73.8 Å². The summed E-state index contributed by atoms with van der Waals surface area (Å²) >= 11 is 5.06. The van der Waals surface area contributed by atoms with Gasteiger partial charge in [-0.2, -0.15) is 0 Å². The lowest BCUT2D eigenvalue weighted by molar-refractivity contribution is -0.384. The molecule has 0 fully saturated rings. The zero-order chi connectivity index (χ0) is 18.5. The summed E-state index contributed by atoms with van der Waals surface area (Å²) in [7, 11) is 0. The molecule has 0 aliphatic carbocycles. The van der Waals surface area contributed by atoms with E-state index < -0.39 is 4.92 Å². The van der Waals surface area contributed by atoms with Crippen molar-refractivity contribution in [2.24, 2.45) is 0 Å². The minimum Gasteiger partial charge on any atom is -0.298 e. The van der Waals surface area contributed by atoms with E-state index in [1.165, 1.54) is 17.7 Å². The van der Waals surface area contributed by atoms with Crippen molar-refractivity contribution < 1.29 is 4.92 Å². The number of aromatic nitrogens is 3. The zero-order valence-electron chi connectivity index (χ0n) is 13.7. The van der Waals surface area contributed by atoms with Crippen LogP contribution < -0.4 is 0 Å². The highest BCUT2D eigenvalue weighted by molar-refractivity contribution is 9.10. The molecule has 8 heteroatoms. The number of hydrogen-bond donors (Lipinski definition) is 0. The van der Waals surface area contributed by atoms with Gasteiger partial charge in [0.1, 0.15) is 0 Å². The smallest absolute Gasteiger partial charge is 0.269 e. The van der Waals surface area contributed by atoms with Gasteiger partial charge < -0.3 is 0 Å². The van der Waals surface area contributed by atoms with Gasteiger partial charge in [-0.1, -0.05) is 45.9 Å². The highest BCUT2D eigenvalue weighted by atomic mass is 79.9. The maximum atomic E-state index is 10.8. The molecule has 0 unspecified atom stereocenters. The summed E-state index contributed by atoms with van der Waals surface area (Å²) in [6.45, 7) is 4.35. The predicted octanol–water partition coefficient (Wildman–Crippen LogP) is 5.09. The van der Waals surface area contributed by atoms with Crippen LogP contribution >= 0.6 is 27.7 Å².